The van der Waals surface area contributed by atoms with E-state index in [4.69, 9.17) is 16.1 Å². The summed E-state index contributed by atoms with van der Waals surface area (Å²) in [4.78, 5) is 13.2. The molecule has 0 heterocycles. The summed E-state index contributed by atoms with van der Waals surface area (Å²) in [5.74, 6) is -0.722. The number of hydrogen-bond acceptors (Lipinski definition) is 9. The molecule has 0 saturated heterocycles. The lowest BCUT2D eigenvalue weighted by molar-refractivity contribution is -0.126. The average Bonchev–Trinajstić information content (AvgIpc) is 2.84. The number of carbonyl (C=O) groups is 1. The third-order valence-electron chi connectivity index (χ3n) is 5.68. The summed E-state index contributed by atoms with van der Waals surface area (Å²) in [5, 5.41) is 20.4. The predicted molar refractivity (Wildman–Crippen MR) is 142 cm³/mol. The molecule has 0 aromatic heterocycles. The van der Waals surface area contributed by atoms with E-state index in [2.05, 4.69) is 10.5 Å². The number of oxime groups is 1. The topological polar surface area (TPSA) is 185 Å². The maximum Gasteiger partial charge on any atom is 0.258 e. The molecule has 0 aliphatic rings. The molecule has 0 unspecified atom stereocenters. The Morgan fingerprint density at radius 1 is 1.05 bits per heavy atom. The number of amides is 1. The number of nitrogens with two attached hydrogens (primary N) is 2. The highest BCUT2D eigenvalue weighted by molar-refractivity contribution is 7.89. The first kappa shape index (κ1) is 27.6. The predicted octanol–water partition coefficient (Wildman–Crippen LogP) is 1.83. The first-order chi connectivity index (χ1) is 17.3. The van der Waals surface area contributed by atoms with E-state index in [1.54, 1.807) is 60.7 Å². The maximum absolute atomic E-state index is 13.2. The van der Waals surface area contributed by atoms with Crippen molar-refractivity contribution in [2.24, 2.45) is 10.3 Å². The zero-order valence-electron chi connectivity index (χ0n) is 20.1. The highest BCUT2D eigenvalue weighted by Gasteiger charge is 2.28. The highest BCUT2D eigenvalue weighted by atomic mass is 32.2. The van der Waals surface area contributed by atoms with Crippen LogP contribution in [0.25, 0.3) is 11.1 Å². The molecule has 0 aliphatic carbocycles. The number of likely N-dealkylation sites (N-methyl/N-ethyl adjacent to an activating group) is 1. The average molecular weight is 546 g/mol. The lowest BCUT2D eigenvalue weighted by Crippen LogP contribution is -2.44. The van der Waals surface area contributed by atoms with Gasteiger partial charge >= 0.3 is 0 Å². The first-order valence-electron chi connectivity index (χ1n) is 10.8. The summed E-state index contributed by atoms with van der Waals surface area (Å²) in [6.07, 6.45) is 2.08. The lowest BCUT2D eigenvalue weighted by atomic mass is 9.98. The molecular weight excluding hydrogens is 518 g/mol. The van der Waals surface area contributed by atoms with Crippen molar-refractivity contribution in [1.29, 1.82) is 0 Å². The molecule has 1 atom stereocenters. The number of benzene rings is 3. The van der Waals surface area contributed by atoms with E-state index < -0.39 is 32.0 Å². The van der Waals surface area contributed by atoms with Crippen LogP contribution >= 0.6 is 0 Å². The molecule has 0 aliphatic heterocycles. The summed E-state index contributed by atoms with van der Waals surface area (Å²) >= 11 is 0. The van der Waals surface area contributed by atoms with Gasteiger partial charge in [0, 0.05) is 36.0 Å². The van der Waals surface area contributed by atoms with Gasteiger partial charge in [-0.05, 0) is 35.4 Å². The van der Waals surface area contributed by atoms with Crippen LogP contribution in [-0.4, -0.2) is 57.8 Å². The minimum Gasteiger partial charge on any atom is -0.411 e. The van der Waals surface area contributed by atoms with Crippen molar-refractivity contribution in [2.75, 3.05) is 24.4 Å². The highest BCUT2D eigenvalue weighted by Crippen LogP contribution is 2.28. The van der Waals surface area contributed by atoms with Crippen LogP contribution in [0.5, 0.6) is 0 Å². The number of carbonyl (C=O) groups excluding carboxylic acids is 1. The summed E-state index contributed by atoms with van der Waals surface area (Å²) < 4.78 is 48.7. The number of rotatable bonds is 9. The van der Waals surface area contributed by atoms with Gasteiger partial charge in [0.1, 0.15) is 6.04 Å². The molecule has 3 rings (SSSR count). The third-order valence-corrected chi connectivity index (χ3v) is 7.82. The van der Waals surface area contributed by atoms with Crippen molar-refractivity contribution in [2.45, 2.75) is 17.4 Å². The quantitative estimate of drug-likeness (QED) is 0.136. The smallest absolute Gasteiger partial charge is 0.258 e. The minimum atomic E-state index is -3.95. The molecule has 3 aromatic carbocycles. The van der Waals surface area contributed by atoms with Crippen molar-refractivity contribution in [3.8, 4) is 11.1 Å². The summed E-state index contributed by atoms with van der Waals surface area (Å²) in [6, 6.07) is 16.8. The maximum atomic E-state index is 13.2. The van der Waals surface area contributed by atoms with Crippen molar-refractivity contribution >= 4 is 43.5 Å². The van der Waals surface area contributed by atoms with Crippen molar-refractivity contribution < 1.29 is 26.8 Å². The van der Waals surface area contributed by atoms with E-state index >= 15 is 0 Å². The van der Waals surface area contributed by atoms with Crippen LogP contribution in [-0.2, 0) is 31.3 Å². The zero-order chi connectivity index (χ0) is 27.4. The molecule has 11 nitrogen and oxygen atoms in total. The first-order valence-corrected chi connectivity index (χ1v) is 14.2. The standard InChI is InChI=1S/C24H27N5O6S2/c1-29(36(2,32)33)24(30)22(14-17-6-5-8-21(25)20(17)15-27-31)28-18-12-10-16(11-13-18)19-7-3-4-9-23(19)37(26,34)35/h3-13,15,22,28,31H,14,25H2,1-2H3,(H2,26,34,35)/t22-/m0/s1. The Balaban J connectivity index is 1.98. The Morgan fingerprint density at radius 3 is 2.30 bits per heavy atom. The second kappa shape index (κ2) is 11.0. The van der Waals surface area contributed by atoms with Crippen molar-refractivity contribution in [1.82, 2.24) is 4.31 Å². The molecular formula is C24H27N5O6S2. The number of anilines is 2. The van der Waals surface area contributed by atoms with E-state index in [1.165, 1.54) is 6.07 Å². The summed E-state index contributed by atoms with van der Waals surface area (Å²) in [6.45, 7) is 0. The zero-order valence-corrected chi connectivity index (χ0v) is 21.7. The number of nitrogens with zero attached hydrogens (tertiary/aromatic N) is 2. The van der Waals surface area contributed by atoms with Crippen LogP contribution in [0.2, 0.25) is 0 Å². The summed E-state index contributed by atoms with van der Waals surface area (Å²) in [7, 11) is -6.63. The molecule has 37 heavy (non-hydrogen) atoms. The fourth-order valence-electron chi connectivity index (χ4n) is 3.73. The molecule has 0 bridgehead atoms. The SMILES string of the molecule is CN(C(=O)[C@H](Cc1cccc(N)c1C=NO)Nc1ccc(-c2ccccc2S(N)(=O)=O)cc1)S(C)(=O)=O. The van der Waals surface area contributed by atoms with Gasteiger partial charge in [-0.2, -0.15) is 0 Å². The molecule has 6 N–H and O–H groups in total. The Bertz CT molecular complexity index is 1540. The summed E-state index contributed by atoms with van der Waals surface area (Å²) in [5.41, 5.74) is 8.70. The van der Waals surface area contributed by atoms with Crippen molar-refractivity contribution in [3.63, 3.8) is 0 Å². The van der Waals surface area contributed by atoms with Crippen LogP contribution in [0.4, 0.5) is 11.4 Å². The van der Waals surface area contributed by atoms with Gasteiger partial charge < -0.3 is 16.3 Å². The van der Waals surface area contributed by atoms with Crippen LogP contribution in [0.15, 0.2) is 76.8 Å². The van der Waals surface area contributed by atoms with E-state index in [-0.39, 0.29) is 11.3 Å². The molecule has 0 radical (unpaired) electrons. The Labute approximate surface area is 215 Å². The van der Waals surface area contributed by atoms with E-state index in [1.807, 2.05) is 0 Å². The Morgan fingerprint density at radius 2 is 1.70 bits per heavy atom. The van der Waals surface area contributed by atoms with Gasteiger partial charge in [-0.3, -0.25) is 4.79 Å². The minimum absolute atomic E-state index is 0.0150. The van der Waals surface area contributed by atoms with Gasteiger partial charge in [-0.25, -0.2) is 26.3 Å². The van der Waals surface area contributed by atoms with E-state index in [0.29, 0.717) is 37.9 Å². The molecule has 3 aromatic rings. The molecule has 1 amide bonds. The molecule has 13 heteroatoms. The van der Waals surface area contributed by atoms with Crippen LogP contribution in [0.3, 0.4) is 0 Å². The Hall–Kier alpha value is -3.94. The monoisotopic (exact) mass is 545 g/mol. The fraction of sp³-hybridized carbons (Fsp3) is 0.167. The van der Waals surface area contributed by atoms with E-state index in [0.717, 1.165) is 19.5 Å². The normalized spacial score (nSPS) is 12.8. The van der Waals surface area contributed by atoms with Gasteiger partial charge in [0.2, 0.25) is 20.0 Å². The Kier molecular flexibility index (Phi) is 8.21. The van der Waals surface area contributed by atoms with Crippen LogP contribution < -0.4 is 16.2 Å². The number of hydrogen-bond donors (Lipinski definition) is 4. The largest absolute Gasteiger partial charge is 0.411 e. The van der Waals surface area contributed by atoms with Gasteiger partial charge in [0.25, 0.3) is 5.91 Å². The molecule has 0 spiro atoms. The number of primary sulfonamides is 1. The number of nitrogens with one attached hydrogen (secondary N) is 1. The second-order valence-corrected chi connectivity index (χ2v) is 11.8. The molecule has 0 fully saturated rings. The van der Waals surface area contributed by atoms with Gasteiger partial charge in [0.05, 0.1) is 17.4 Å². The number of nitrogen functional groups attached to an aromatic ring is 1. The van der Waals surface area contributed by atoms with Crippen LogP contribution in [0.1, 0.15) is 11.1 Å². The van der Waals surface area contributed by atoms with Crippen molar-refractivity contribution in [3.05, 3.63) is 77.9 Å². The van der Waals surface area contributed by atoms with Crippen LogP contribution in [0, 0.1) is 0 Å². The van der Waals surface area contributed by atoms with Gasteiger partial charge in [-0.1, -0.05) is 47.6 Å². The lowest BCUT2D eigenvalue weighted by Gasteiger charge is -2.25. The number of sulfonamides is 2. The fourth-order valence-corrected chi connectivity index (χ4v) is 4.94. The molecule has 0 saturated carbocycles. The molecule has 196 valence electrons. The second-order valence-electron chi connectivity index (χ2n) is 8.25. The van der Waals surface area contributed by atoms with Gasteiger partial charge in [0.15, 0.2) is 0 Å². The van der Waals surface area contributed by atoms with Gasteiger partial charge in [-0.15, -0.1) is 0 Å². The third kappa shape index (κ3) is 6.64. The van der Waals surface area contributed by atoms with E-state index in [9.17, 15) is 21.6 Å².